The molecule has 0 rings (SSSR count). The summed E-state index contributed by atoms with van der Waals surface area (Å²) in [5.41, 5.74) is 0. The van der Waals surface area contributed by atoms with E-state index in [1.807, 2.05) is 13.8 Å². The van der Waals surface area contributed by atoms with Crippen LogP contribution in [-0.4, -0.2) is 13.2 Å². The van der Waals surface area contributed by atoms with Gasteiger partial charge in [0.05, 0.1) is 0 Å². The van der Waals surface area contributed by atoms with Gasteiger partial charge in [-0.1, -0.05) is 26.7 Å². The Kier molecular flexibility index (Phi) is 42.4. The molecule has 0 N–H and O–H groups in total. The van der Waals surface area contributed by atoms with Gasteiger partial charge in [0.15, 0.2) is 0 Å². The van der Waals surface area contributed by atoms with E-state index >= 15 is 0 Å². The zero-order chi connectivity index (χ0) is 6.83. The Balaban J connectivity index is -0.0000000720. The van der Waals surface area contributed by atoms with E-state index in [9.17, 15) is 10.2 Å². The molecule has 0 aromatic rings. The van der Waals surface area contributed by atoms with E-state index in [-0.39, 0.29) is 40.5 Å². The average Bonchev–Trinajstić information content (AvgIpc) is 1.88. The van der Waals surface area contributed by atoms with Crippen LogP contribution in [0.1, 0.15) is 26.7 Å². The van der Waals surface area contributed by atoms with Crippen molar-refractivity contribution in [1.82, 2.24) is 0 Å². The Bertz CT molecular complexity index is 19.0. The van der Waals surface area contributed by atoms with E-state index in [1.54, 1.807) is 0 Å². The minimum absolute atomic E-state index is 0. The van der Waals surface area contributed by atoms with E-state index in [0.29, 0.717) is 0 Å². The maximum Gasteiger partial charge on any atom is 2.00 e. The predicted octanol–water partition coefficient (Wildman–Crippen LogP) is -0.489. The van der Waals surface area contributed by atoms with E-state index < -0.39 is 0 Å². The van der Waals surface area contributed by atoms with Gasteiger partial charge in [0.1, 0.15) is 0 Å². The monoisotopic (exact) mass is 232 g/mol. The molecule has 0 bridgehead atoms. The molecule has 0 aromatic heterocycles. The molecule has 0 aliphatic rings. The summed E-state index contributed by atoms with van der Waals surface area (Å²) in [5, 5.41) is 18.6. The third kappa shape index (κ3) is 51.2. The SMILES string of the molecule is CCC[O-].CCC[O-].[Cd+2]. The summed E-state index contributed by atoms with van der Waals surface area (Å²) in [6, 6.07) is 0. The van der Waals surface area contributed by atoms with Gasteiger partial charge in [0.25, 0.3) is 0 Å². The molecule has 0 heterocycles. The van der Waals surface area contributed by atoms with Crippen molar-refractivity contribution in [3.05, 3.63) is 0 Å². The zero-order valence-electron chi connectivity index (χ0n) is 6.35. The van der Waals surface area contributed by atoms with Gasteiger partial charge >= 0.3 is 27.3 Å². The van der Waals surface area contributed by atoms with Gasteiger partial charge in [-0.2, -0.15) is 0 Å². The topological polar surface area (TPSA) is 46.1 Å². The molecule has 3 heteroatoms. The molecule has 0 aromatic carbocycles. The number of rotatable bonds is 2. The van der Waals surface area contributed by atoms with Crippen molar-refractivity contribution in [3.63, 3.8) is 0 Å². The third-order valence-electron chi connectivity index (χ3n) is 0.408. The predicted molar refractivity (Wildman–Crippen MR) is 30.3 cm³/mol. The van der Waals surface area contributed by atoms with Crippen molar-refractivity contribution in [2.24, 2.45) is 0 Å². The fourth-order valence-electron chi connectivity index (χ4n) is 0. The minimum atomic E-state index is 0. The first-order valence-electron chi connectivity index (χ1n) is 2.99. The quantitative estimate of drug-likeness (QED) is 0.601. The maximum atomic E-state index is 9.30. The van der Waals surface area contributed by atoms with Crippen molar-refractivity contribution in [3.8, 4) is 0 Å². The molecule has 2 nitrogen and oxygen atoms in total. The summed E-state index contributed by atoms with van der Waals surface area (Å²) in [6.45, 7) is 3.88. The van der Waals surface area contributed by atoms with Gasteiger partial charge in [0.2, 0.25) is 0 Å². The molecule has 0 aliphatic heterocycles. The Morgan fingerprint density at radius 3 is 1.00 bits per heavy atom. The number of hydrogen-bond donors (Lipinski definition) is 0. The fourth-order valence-corrected chi connectivity index (χ4v) is 0. The Morgan fingerprint density at radius 2 is 1.00 bits per heavy atom. The van der Waals surface area contributed by atoms with Crippen LogP contribution in [0.25, 0.3) is 0 Å². The first-order valence-corrected chi connectivity index (χ1v) is 2.99. The van der Waals surface area contributed by atoms with Gasteiger partial charge in [-0.15, -0.1) is 13.2 Å². The third-order valence-corrected chi connectivity index (χ3v) is 0.408. The molecule has 0 saturated carbocycles. The zero-order valence-corrected chi connectivity index (χ0v) is 10.4. The molecule has 0 saturated heterocycles. The van der Waals surface area contributed by atoms with Crippen LogP contribution < -0.4 is 10.2 Å². The van der Waals surface area contributed by atoms with E-state index in [4.69, 9.17) is 0 Å². The summed E-state index contributed by atoms with van der Waals surface area (Å²) in [4.78, 5) is 0. The number of hydrogen-bond acceptors (Lipinski definition) is 2. The smallest absolute Gasteiger partial charge is 0.854 e. The van der Waals surface area contributed by atoms with E-state index in [1.165, 1.54) is 0 Å². The summed E-state index contributed by atoms with van der Waals surface area (Å²) < 4.78 is 0. The van der Waals surface area contributed by atoms with Crippen molar-refractivity contribution in [2.75, 3.05) is 13.2 Å². The Hall–Kier alpha value is 0.842. The van der Waals surface area contributed by atoms with Crippen LogP contribution in [0.5, 0.6) is 0 Å². The average molecular weight is 231 g/mol. The second-order valence-corrected chi connectivity index (χ2v) is 1.41. The normalized spacial score (nSPS) is 6.67. The van der Waals surface area contributed by atoms with Crippen LogP contribution in [-0.2, 0) is 27.3 Å². The molecule has 0 amide bonds. The van der Waals surface area contributed by atoms with Crippen molar-refractivity contribution >= 4 is 0 Å². The van der Waals surface area contributed by atoms with Crippen LogP contribution in [0.2, 0.25) is 0 Å². The molecule has 0 radical (unpaired) electrons. The summed E-state index contributed by atoms with van der Waals surface area (Å²) in [5.74, 6) is 0. The summed E-state index contributed by atoms with van der Waals surface area (Å²) in [6.07, 6.45) is 1.53. The van der Waals surface area contributed by atoms with Crippen LogP contribution in [0.15, 0.2) is 0 Å². The molecular weight excluding hydrogens is 216 g/mol. The summed E-state index contributed by atoms with van der Waals surface area (Å²) >= 11 is 0. The standard InChI is InChI=1S/2C3H7O.Cd/c2*1-2-3-4;/h2*2-3H2,1H3;/q2*-1;+2. The van der Waals surface area contributed by atoms with Crippen molar-refractivity contribution in [2.45, 2.75) is 26.7 Å². The second-order valence-electron chi connectivity index (χ2n) is 1.41. The minimum Gasteiger partial charge on any atom is -0.854 e. The van der Waals surface area contributed by atoms with E-state index in [0.717, 1.165) is 12.8 Å². The molecule has 0 aliphatic carbocycles. The van der Waals surface area contributed by atoms with Crippen LogP contribution in [0.3, 0.4) is 0 Å². The van der Waals surface area contributed by atoms with Crippen LogP contribution in [0.4, 0.5) is 0 Å². The molecule has 52 valence electrons. The van der Waals surface area contributed by atoms with Crippen LogP contribution >= 0.6 is 0 Å². The Labute approximate surface area is 77.4 Å². The molecular formula is C6H14CdO2. The summed E-state index contributed by atoms with van der Waals surface area (Å²) in [7, 11) is 0. The maximum absolute atomic E-state index is 9.30. The largest absolute Gasteiger partial charge is 2.00 e. The Morgan fingerprint density at radius 1 is 0.889 bits per heavy atom. The van der Waals surface area contributed by atoms with Gasteiger partial charge in [-0.3, -0.25) is 0 Å². The second kappa shape index (κ2) is 23.2. The van der Waals surface area contributed by atoms with Crippen molar-refractivity contribution in [1.29, 1.82) is 0 Å². The molecule has 0 unspecified atom stereocenters. The molecule has 0 spiro atoms. The fraction of sp³-hybridized carbons (Fsp3) is 1.00. The first kappa shape index (κ1) is 16.4. The molecule has 0 atom stereocenters. The first-order chi connectivity index (χ1) is 3.83. The van der Waals surface area contributed by atoms with Crippen LogP contribution in [0, 0.1) is 0 Å². The van der Waals surface area contributed by atoms with Crippen molar-refractivity contribution < 1.29 is 37.5 Å². The van der Waals surface area contributed by atoms with E-state index in [2.05, 4.69) is 0 Å². The van der Waals surface area contributed by atoms with Gasteiger partial charge in [-0.05, 0) is 0 Å². The van der Waals surface area contributed by atoms with Gasteiger partial charge in [0, 0.05) is 0 Å². The van der Waals surface area contributed by atoms with Gasteiger partial charge < -0.3 is 10.2 Å². The molecule has 9 heavy (non-hydrogen) atoms. The molecule has 0 fully saturated rings. The van der Waals surface area contributed by atoms with Gasteiger partial charge in [-0.25, -0.2) is 0 Å².